The Balaban J connectivity index is 1.83. The van der Waals surface area contributed by atoms with Crippen molar-refractivity contribution in [2.24, 2.45) is 10.7 Å². The molecule has 3 heterocycles. The summed E-state index contributed by atoms with van der Waals surface area (Å²) in [7, 11) is 1.98. The molecule has 0 bridgehead atoms. The molecule has 2 aliphatic heterocycles. The van der Waals surface area contributed by atoms with Gasteiger partial charge in [-0.15, -0.1) is 0 Å². The Hall–Kier alpha value is -3.13. The standard InChI is InChI=1S/C20H24F3N7O/c1-28-5-7-29(8-6-28)18(31)13-26-12-14(10-24)17-9-16(20(21,22)23)15(11-25)19(27-17)30-3-2-4-30/h9-10,12H,2-8,13,24H2,1H3/b14-10+,26-12?. The number of nitrogens with zero attached hydrogens (tertiary/aromatic N) is 6. The van der Waals surface area contributed by atoms with Gasteiger partial charge in [-0.3, -0.25) is 9.79 Å². The third kappa shape index (κ3) is 5.14. The van der Waals surface area contributed by atoms with Crippen LogP contribution < -0.4 is 10.6 Å². The second-order valence-electron chi connectivity index (χ2n) is 7.48. The highest BCUT2D eigenvalue weighted by Gasteiger charge is 2.37. The maximum Gasteiger partial charge on any atom is 0.417 e. The average molecular weight is 435 g/mol. The van der Waals surface area contributed by atoms with Crippen LogP contribution >= 0.6 is 0 Å². The predicted octanol–water partition coefficient (Wildman–Crippen LogP) is 1.33. The van der Waals surface area contributed by atoms with Crippen molar-refractivity contribution >= 4 is 23.5 Å². The van der Waals surface area contributed by atoms with Gasteiger partial charge in [-0.1, -0.05) is 0 Å². The molecule has 3 rings (SSSR count). The second-order valence-corrected chi connectivity index (χ2v) is 7.48. The highest BCUT2D eigenvalue weighted by Crippen LogP contribution is 2.37. The lowest BCUT2D eigenvalue weighted by atomic mass is 10.0. The molecule has 0 saturated carbocycles. The number of carbonyl (C=O) groups is 1. The zero-order chi connectivity index (χ0) is 22.6. The van der Waals surface area contributed by atoms with Gasteiger partial charge in [0, 0.05) is 57.3 Å². The van der Waals surface area contributed by atoms with Gasteiger partial charge in [0.15, 0.2) is 0 Å². The maximum absolute atomic E-state index is 13.6. The first-order chi connectivity index (χ1) is 14.7. The van der Waals surface area contributed by atoms with Gasteiger partial charge in [0.2, 0.25) is 5.91 Å². The van der Waals surface area contributed by atoms with E-state index in [9.17, 15) is 23.2 Å². The van der Waals surface area contributed by atoms with Crippen LogP contribution in [0, 0.1) is 11.3 Å². The summed E-state index contributed by atoms with van der Waals surface area (Å²) < 4.78 is 40.8. The molecular weight excluding hydrogens is 411 g/mol. The highest BCUT2D eigenvalue weighted by molar-refractivity contribution is 6.09. The van der Waals surface area contributed by atoms with E-state index < -0.39 is 17.3 Å². The summed E-state index contributed by atoms with van der Waals surface area (Å²) in [5.74, 6) is -0.175. The van der Waals surface area contributed by atoms with E-state index in [0.29, 0.717) is 26.2 Å². The average Bonchev–Trinajstić information content (AvgIpc) is 2.69. The van der Waals surface area contributed by atoms with Crippen LogP contribution in [0.15, 0.2) is 17.3 Å². The first kappa shape index (κ1) is 22.6. The summed E-state index contributed by atoms with van der Waals surface area (Å²) in [5, 5.41) is 9.33. The maximum atomic E-state index is 13.6. The number of pyridine rings is 1. The van der Waals surface area contributed by atoms with Crippen molar-refractivity contribution in [3.05, 3.63) is 29.1 Å². The van der Waals surface area contributed by atoms with Crippen molar-refractivity contribution in [1.82, 2.24) is 14.8 Å². The lowest BCUT2D eigenvalue weighted by Crippen LogP contribution is -2.47. The van der Waals surface area contributed by atoms with E-state index in [0.717, 1.165) is 31.8 Å². The number of nitrogens with two attached hydrogens (primary N) is 1. The molecule has 0 spiro atoms. The quantitative estimate of drug-likeness (QED) is 0.700. The second kappa shape index (κ2) is 9.34. The molecule has 0 atom stereocenters. The molecule has 0 unspecified atom stereocenters. The lowest BCUT2D eigenvalue weighted by molar-refractivity contribution is -0.137. The Bertz CT molecular complexity index is 924. The molecular formula is C20H24F3N7O. The monoisotopic (exact) mass is 435 g/mol. The van der Waals surface area contributed by atoms with Crippen molar-refractivity contribution in [1.29, 1.82) is 5.26 Å². The molecule has 1 aromatic heterocycles. The fourth-order valence-electron chi connectivity index (χ4n) is 3.34. The number of halogens is 3. The first-order valence-electron chi connectivity index (χ1n) is 9.90. The number of nitriles is 1. The normalized spacial score (nSPS) is 18.2. The van der Waals surface area contributed by atoms with Crippen LogP contribution in [-0.2, 0) is 11.0 Å². The number of aliphatic imine (C=N–C) groups is 1. The van der Waals surface area contributed by atoms with Crippen LogP contribution in [-0.4, -0.2) is 79.8 Å². The van der Waals surface area contributed by atoms with Crippen LogP contribution in [0.25, 0.3) is 5.57 Å². The summed E-state index contributed by atoms with van der Waals surface area (Å²) in [6.07, 6.45) is -1.56. The zero-order valence-electron chi connectivity index (χ0n) is 17.2. The minimum Gasteiger partial charge on any atom is -0.404 e. The van der Waals surface area contributed by atoms with Gasteiger partial charge in [-0.05, 0) is 19.5 Å². The molecule has 166 valence electrons. The third-order valence-corrected chi connectivity index (χ3v) is 5.36. The summed E-state index contributed by atoms with van der Waals surface area (Å²) in [5.41, 5.74) is 4.15. The number of alkyl halides is 3. The molecule has 1 amide bonds. The van der Waals surface area contributed by atoms with Gasteiger partial charge in [-0.25, -0.2) is 4.98 Å². The number of hydrogen-bond donors (Lipinski definition) is 1. The van der Waals surface area contributed by atoms with E-state index in [1.54, 1.807) is 15.9 Å². The van der Waals surface area contributed by atoms with Gasteiger partial charge in [0.1, 0.15) is 24.0 Å². The third-order valence-electron chi connectivity index (χ3n) is 5.36. The molecule has 11 heteroatoms. The van der Waals surface area contributed by atoms with Crippen molar-refractivity contribution < 1.29 is 18.0 Å². The highest BCUT2D eigenvalue weighted by atomic mass is 19.4. The Kier molecular flexibility index (Phi) is 6.80. The zero-order valence-corrected chi connectivity index (χ0v) is 17.2. The Labute approximate surface area is 178 Å². The summed E-state index contributed by atoms with van der Waals surface area (Å²) in [6, 6.07) is 2.44. The van der Waals surface area contributed by atoms with Crippen molar-refractivity contribution in [3.8, 4) is 6.07 Å². The van der Waals surface area contributed by atoms with Crippen molar-refractivity contribution in [3.63, 3.8) is 0 Å². The molecule has 0 radical (unpaired) electrons. The van der Waals surface area contributed by atoms with Gasteiger partial charge in [-0.2, -0.15) is 18.4 Å². The topological polar surface area (TPSA) is 102 Å². The number of rotatable bonds is 5. The molecule has 0 aromatic carbocycles. The Morgan fingerprint density at radius 1 is 1.29 bits per heavy atom. The molecule has 8 nitrogen and oxygen atoms in total. The minimum atomic E-state index is -4.73. The fraction of sp³-hybridized carbons (Fsp3) is 0.500. The molecule has 0 aliphatic carbocycles. The predicted molar refractivity (Wildman–Crippen MR) is 110 cm³/mol. The van der Waals surface area contributed by atoms with Crippen molar-refractivity contribution in [2.45, 2.75) is 12.6 Å². The van der Waals surface area contributed by atoms with E-state index >= 15 is 0 Å². The summed E-state index contributed by atoms with van der Waals surface area (Å²) >= 11 is 0. The number of anilines is 1. The van der Waals surface area contributed by atoms with E-state index in [1.807, 2.05) is 7.05 Å². The molecule has 1 aromatic rings. The fourth-order valence-corrected chi connectivity index (χ4v) is 3.34. The van der Waals surface area contributed by atoms with Crippen LogP contribution in [0.1, 0.15) is 23.2 Å². The SMILES string of the molecule is CN1CCN(C(=O)CN=C/C(=C\N)c2cc(C(F)(F)F)c(C#N)c(N3CCC3)n2)CC1. The molecule has 2 saturated heterocycles. The number of carbonyl (C=O) groups excluding carboxylic acids is 1. The van der Waals surface area contributed by atoms with Crippen molar-refractivity contribution in [2.75, 3.05) is 57.8 Å². The number of piperazine rings is 1. The van der Waals surface area contributed by atoms with Crippen LogP contribution in [0.5, 0.6) is 0 Å². The summed E-state index contributed by atoms with van der Waals surface area (Å²) in [4.78, 5) is 26.1. The Morgan fingerprint density at radius 3 is 2.48 bits per heavy atom. The number of allylic oxidation sites excluding steroid dienone is 1. The smallest absolute Gasteiger partial charge is 0.404 e. The molecule has 31 heavy (non-hydrogen) atoms. The summed E-state index contributed by atoms with van der Waals surface area (Å²) in [6.45, 7) is 3.68. The van der Waals surface area contributed by atoms with Gasteiger partial charge in [0.05, 0.1) is 11.3 Å². The first-order valence-corrected chi connectivity index (χ1v) is 9.90. The molecule has 2 aliphatic rings. The van der Waals surface area contributed by atoms with Crippen LogP contribution in [0.3, 0.4) is 0 Å². The van der Waals surface area contributed by atoms with E-state index in [-0.39, 0.29) is 29.5 Å². The van der Waals surface area contributed by atoms with Crippen LogP contribution in [0.4, 0.5) is 19.0 Å². The van der Waals surface area contributed by atoms with Gasteiger partial charge < -0.3 is 20.4 Å². The van der Waals surface area contributed by atoms with Gasteiger partial charge >= 0.3 is 6.18 Å². The number of amides is 1. The van der Waals surface area contributed by atoms with E-state index in [4.69, 9.17) is 5.73 Å². The largest absolute Gasteiger partial charge is 0.417 e. The molecule has 2 fully saturated rings. The lowest BCUT2D eigenvalue weighted by Gasteiger charge is -2.33. The van der Waals surface area contributed by atoms with Gasteiger partial charge in [0.25, 0.3) is 0 Å². The minimum absolute atomic E-state index is 0.0140. The van der Waals surface area contributed by atoms with E-state index in [1.165, 1.54) is 6.21 Å². The number of aromatic nitrogens is 1. The number of hydrogen-bond acceptors (Lipinski definition) is 7. The van der Waals surface area contributed by atoms with Crippen LogP contribution in [0.2, 0.25) is 0 Å². The molecule has 2 N–H and O–H groups in total. The van der Waals surface area contributed by atoms with E-state index in [2.05, 4.69) is 14.9 Å². The Morgan fingerprint density at radius 2 is 1.97 bits per heavy atom. The number of likely N-dealkylation sites (N-methyl/N-ethyl adjacent to an activating group) is 1.